The number of carbonyl (C=O) groups is 1. The molecule has 2 unspecified atom stereocenters. The van der Waals surface area contributed by atoms with Crippen molar-refractivity contribution >= 4 is 5.91 Å². The van der Waals surface area contributed by atoms with Gasteiger partial charge in [-0.3, -0.25) is 4.79 Å². The first-order chi connectivity index (χ1) is 8.92. The van der Waals surface area contributed by atoms with Crippen LogP contribution in [0.25, 0.3) is 0 Å². The lowest BCUT2D eigenvalue weighted by Crippen LogP contribution is -2.48. The largest absolute Gasteiger partial charge is 0.406 e. The Kier molecular flexibility index (Phi) is 5.11. The lowest BCUT2D eigenvalue weighted by molar-refractivity contribution is -0.166. The first-order valence-electron chi connectivity index (χ1n) is 7.03. The van der Waals surface area contributed by atoms with Crippen molar-refractivity contribution in [2.45, 2.75) is 65.2 Å². The molecule has 118 valence electrons. The van der Waals surface area contributed by atoms with Crippen molar-refractivity contribution in [2.24, 2.45) is 17.1 Å². The molecule has 1 rings (SSSR count). The summed E-state index contributed by atoms with van der Waals surface area (Å²) in [5.74, 6) is -0.295. The van der Waals surface area contributed by atoms with Crippen molar-refractivity contribution in [1.29, 1.82) is 0 Å². The van der Waals surface area contributed by atoms with Gasteiger partial charge in [0.2, 0.25) is 5.91 Å². The van der Waals surface area contributed by atoms with Gasteiger partial charge in [-0.15, -0.1) is 0 Å². The topological polar surface area (TPSA) is 46.3 Å². The zero-order valence-electron chi connectivity index (χ0n) is 12.6. The van der Waals surface area contributed by atoms with Crippen LogP contribution < -0.4 is 5.73 Å². The van der Waals surface area contributed by atoms with Crippen LogP contribution in [0.2, 0.25) is 0 Å². The molecule has 2 atom stereocenters. The molecule has 1 aliphatic rings. The van der Waals surface area contributed by atoms with Gasteiger partial charge < -0.3 is 10.6 Å². The van der Waals surface area contributed by atoms with Gasteiger partial charge in [-0.1, -0.05) is 20.8 Å². The molecule has 0 aliphatic heterocycles. The highest BCUT2D eigenvalue weighted by atomic mass is 19.4. The summed E-state index contributed by atoms with van der Waals surface area (Å²) in [6.07, 6.45) is -2.62. The van der Waals surface area contributed by atoms with E-state index in [1.54, 1.807) is 6.92 Å². The smallest absolute Gasteiger partial charge is 0.331 e. The van der Waals surface area contributed by atoms with E-state index in [4.69, 9.17) is 5.73 Å². The molecule has 0 radical (unpaired) electrons. The van der Waals surface area contributed by atoms with Crippen LogP contribution in [0.15, 0.2) is 0 Å². The normalized spacial score (nSPS) is 19.6. The molecule has 6 heteroatoms. The Morgan fingerprint density at radius 3 is 2.15 bits per heavy atom. The van der Waals surface area contributed by atoms with Crippen LogP contribution in [0, 0.1) is 11.3 Å². The van der Waals surface area contributed by atoms with Crippen LogP contribution in [-0.4, -0.2) is 35.6 Å². The molecule has 2 N–H and O–H groups in total. The van der Waals surface area contributed by atoms with Gasteiger partial charge in [0.05, 0.1) is 0 Å². The minimum atomic E-state index is -4.37. The maximum atomic E-state index is 12.7. The Morgan fingerprint density at radius 2 is 1.80 bits per heavy atom. The molecule has 0 heterocycles. The van der Waals surface area contributed by atoms with Crippen LogP contribution >= 0.6 is 0 Å². The number of carbonyl (C=O) groups excluding carboxylic acids is 1. The quantitative estimate of drug-likeness (QED) is 0.847. The highest BCUT2D eigenvalue weighted by molar-refractivity contribution is 5.77. The molecule has 0 saturated heterocycles. The van der Waals surface area contributed by atoms with E-state index < -0.39 is 24.7 Å². The van der Waals surface area contributed by atoms with E-state index in [0.717, 1.165) is 17.7 Å². The molecule has 3 nitrogen and oxygen atoms in total. The summed E-state index contributed by atoms with van der Waals surface area (Å²) in [7, 11) is 0. The highest BCUT2D eigenvalue weighted by Gasteiger charge is 2.41. The first-order valence-corrected chi connectivity index (χ1v) is 7.03. The van der Waals surface area contributed by atoms with E-state index in [-0.39, 0.29) is 23.8 Å². The third kappa shape index (κ3) is 5.31. The van der Waals surface area contributed by atoms with E-state index in [1.165, 1.54) is 0 Å². The first kappa shape index (κ1) is 17.3. The van der Waals surface area contributed by atoms with E-state index in [0.29, 0.717) is 0 Å². The second-order valence-corrected chi connectivity index (χ2v) is 6.89. The van der Waals surface area contributed by atoms with Crippen molar-refractivity contribution in [3.05, 3.63) is 0 Å². The summed E-state index contributed by atoms with van der Waals surface area (Å²) in [5, 5.41) is 0. The van der Waals surface area contributed by atoms with Gasteiger partial charge in [-0.25, -0.2) is 0 Å². The van der Waals surface area contributed by atoms with Crippen LogP contribution in [0.3, 0.4) is 0 Å². The number of hydrogen-bond donors (Lipinski definition) is 1. The van der Waals surface area contributed by atoms with Gasteiger partial charge in [0.1, 0.15) is 6.54 Å². The minimum Gasteiger partial charge on any atom is -0.331 e. The molecule has 0 aromatic rings. The molecule has 0 spiro atoms. The maximum absolute atomic E-state index is 12.7. The van der Waals surface area contributed by atoms with Crippen LogP contribution in [0.4, 0.5) is 13.2 Å². The lowest BCUT2D eigenvalue weighted by atomic mass is 9.85. The van der Waals surface area contributed by atoms with Crippen LogP contribution in [0.5, 0.6) is 0 Å². The predicted molar refractivity (Wildman–Crippen MR) is 72.0 cm³/mol. The average Bonchev–Trinajstić information content (AvgIpc) is 3.05. The molecule has 1 saturated carbocycles. The molecule has 0 aromatic carbocycles. The van der Waals surface area contributed by atoms with Gasteiger partial charge in [-0.2, -0.15) is 13.2 Å². The Hall–Kier alpha value is -0.780. The van der Waals surface area contributed by atoms with Crippen molar-refractivity contribution < 1.29 is 18.0 Å². The van der Waals surface area contributed by atoms with Crippen molar-refractivity contribution in [3.63, 3.8) is 0 Å². The van der Waals surface area contributed by atoms with E-state index >= 15 is 0 Å². The minimum absolute atomic E-state index is 0.0450. The highest BCUT2D eigenvalue weighted by Crippen LogP contribution is 2.36. The SMILES string of the molecule is CC(C1CC1)N(CC(F)(F)F)C(=O)CC(N)C(C)(C)C. The summed E-state index contributed by atoms with van der Waals surface area (Å²) < 4.78 is 38.0. The monoisotopic (exact) mass is 294 g/mol. The number of hydrogen-bond acceptors (Lipinski definition) is 2. The Labute approximate surface area is 118 Å². The van der Waals surface area contributed by atoms with Gasteiger partial charge in [-0.05, 0) is 31.1 Å². The van der Waals surface area contributed by atoms with Crippen molar-refractivity contribution in [1.82, 2.24) is 4.90 Å². The number of amides is 1. The molecule has 0 aromatic heterocycles. The summed E-state index contributed by atoms with van der Waals surface area (Å²) >= 11 is 0. The summed E-state index contributed by atoms with van der Waals surface area (Å²) in [6, 6.07) is -0.812. The Bertz CT molecular complexity index is 345. The van der Waals surface area contributed by atoms with Gasteiger partial charge >= 0.3 is 6.18 Å². The average molecular weight is 294 g/mol. The van der Waals surface area contributed by atoms with E-state index in [2.05, 4.69) is 0 Å². The fourth-order valence-electron chi connectivity index (χ4n) is 2.10. The van der Waals surface area contributed by atoms with Gasteiger partial charge in [0.25, 0.3) is 0 Å². The number of nitrogens with zero attached hydrogens (tertiary/aromatic N) is 1. The standard InChI is InChI=1S/C14H25F3N2O/c1-9(10-5-6-10)19(8-14(15,16)17)12(20)7-11(18)13(2,3)4/h9-11H,5-8,18H2,1-4H3. The molecule has 1 aliphatic carbocycles. The third-order valence-electron chi connectivity index (χ3n) is 3.97. The number of rotatable bonds is 5. The third-order valence-corrected chi connectivity index (χ3v) is 3.97. The molecule has 0 bridgehead atoms. The molecular weight excluding hydrogens is 269 g/mol. The fourth-order valence-corrected chi connectivity index (χ4v) is 2.10. The Balaban J connectivity index is 2.73. The molecule has 1 amide bonds. The Morgan fingerprint density at radius 1 is 1.30 bits per heavy atom. The molecule has 20 heavy (non-hydrogen) atoms. The molecular formula is C14H25F3N2O. The lowest BCUT2D eigenvalue weighted by Gasteiger charge is -2.33. The van der Waals surface area contributed by atoms with E-state index in [9.17, 15) is 18.0 Å². The summed E-state index contributed by atoms with van der Waals surface area (Å²) in [6.45, 7) is 6.15. The van der Waals surface area contributed by atoms with Crippen LogP contribution in [-0.2, 0) is 4.79 Å². The van der Waals surface area contributed by atoms with Gasteiger partial charge in [0.15, 0.2) is 0 Å². The van der Waals surface area contributed by atoms with Crippen LogP contribution in [0.1, 0.15) is 47.0 Å². The number of alkyl halides is 3. The zero-order valence-corrected chi connectivity index (χ0v) is 12.6. The van der Waals surface area contributed by atoms with Gasteiger partial charge in [0, 0.05) is 18.5 Å². The number of nitrogens with two attached hydrogens (primary N) is 1. The molecule has 1 fully saturated rings. The van der Waals surface area contributed by atoms with Crippen molar-refractivity contribution in [3.8, 4) is 0 Å². The second-order valence-electron chi connectivity index (χ2n) is 6.89. The summed E-state index contributed by atoms with van der Waals surface area (Å²) in [5.41, 5.74) is 5.61. The van der Waals surface area contributed by atoms with Crippen molar-refractivity contribution in [2.75, 3.05) is 6.54 Å². The second kappa shape index (κ2) is 5.92. The summed E-state index contributed by atoms with van der Waals surface area (Å²) in [4.78, 5) is 13.2. The zero-order chi connectivity index (χ0) is 15.7. The number of halogens is 3. The fraction of sp³-hybridized carbons (Fsp3) is 0.929. The predicted octanol–water partition coefficient (Wildman–Crippen LogP) is 2.94. The van der Waals surface area contributed by atoms with E-state index in [1.807, 2.05) is 20.8 Å². The maximum Gasteiger partial charge on any atom is 0.406 e.